The number of pyridine rings is 1. The van der Waals surface area contributed by atoms with E-state index >= 15 is 0 Å². The predicted molar refractivity (Wildman–Crippen MR) is 99.3 cm³/mol. The average Bonchev–Trinajstić information content (AvgIpc) is 2.69. The van der Waals surface area contributed by atoms with Crippen molar-refractivity contribution in [3.05, 3.63) is 96.1 Å². The van der Waals surface area contributed by atoms with Gasteiger partial charge in [-0.1, -0.05) is 18.2 Å². The van der Waals surface area contributed by atoms with Crippen LogP contribution >= 0.6 is 0 Å². The standard InChI is InChI=1S/C20H17FN4O/c21-17-6-8-18(9-7-17)24-20(23-14-15-10-12-22-13-11-15)25-19(26)16-4-2-1-3-5-16/h1-13H,14H2,(H2,23,24,25,26). The van der Waals surface area contributed by atoms with Crippen molar-refractivity contribution < 1.29 is 9.18 Å². The van der Waals surface area contributed by atoms with Gasteiger partial charge in [-0.15, -0.1) is 0 Å². The van der Waals surface area contributed by atoms with Crippen LogP contribution in [0.1, 0.15) is 15.9 Å². The lowest BCUT2D eigenvalue weighted by atomic mass is 10.2. The molecule has 6 heteroatoms. The van der Waals surface area contributed by atoms with E-state index in [4.69, 9.17) is 0 Å². The molecule has 1 amide bonds. The van der Waals surface area contributed by atoms with Gasteiger partial charge in [0.2, 0.25) is 5.96 Å². The van der Waals surface area contributed by atoms with Crippen LogP contribution in [0.5, 0.6) is 0 Å². The van der Waals surface area contributed by atoms with E-state index in [1.807, 2.05) is 18.2 Å². The van der Waals surface area contributed by atoms with Gasteiger partial charge in [0, 0.05) is 23.6 Å². The molecule has 1 heterocycles. The normalized spacial score (nSPS) is 11.0. The molecular weight excluding hydrogens is 331 g/mol. The molecule has 5 nitrogen and oxygen atoms in total. The molecule has 1 aromatic heterocycles. The zero-order valence-corrected chi connectivity index (χ0v) is 13.9. The number of carbonyl (C=O) groups is 1. The molecule has 0 aliphatic rings. The Bertz CT molecular complexity index is 881. The fourth-order valence-corrected chi connectivity index (χ4v) is 2.21. The number of amides is 1. The minimum absolute atomic E-state index is 0.280. The number of halogens is 1. The van der Waals surface area contributed by atoms with E-state index in [0.717, 1.165) is 5.56 Å². The van der Waals surface area contributed by atoms with E-state index in [2.05, 4.69) is 20.6 Å². The fraction of sp³-hybridized carbons (Fsp3) is 0.0500. The Balaban J connectivity index is 1.78. The van der Waals surface area contributed by atoms with E-state index in [9.17, 15) is 9.18 Å². The molecule has 3 aromatic rings. The lowest BCUT2D eigenvalue weighted by Crippen LogP contribution is -2.36. The van der Waals surface area contributed by atoms with E-state index in [-0.39, 0.29) is 17.7 Å². The molecule has 3 rings (SSSR count). The molecule has 0 spiro atoms. The monoisotopic (exact) mass is 348 g/mol. The summed E-state index contributed by atoms with van der Waals surface area (Å²) in [6.07, 6.45) is 3.36. The fourth-order valence-electron chi connectivity index (χ4n) is 2.21. The van der Waals surface area contributed by atoms with Crippen molar-refractivity contribution in [1.29, 1.82) is 0 Å². The lowest BCUT2D eigenvalue weighted by molar-refractivity contribution is 0.0977. The molecule has 0 aliphatic heterocycles. The number of carbonyl (C=O) groups excluding carboxylic acids is 1. The van der Waals surface area contributed by atoms with Gasteiger partial charge >= 0.3 is 0 Å². The predicted octanol–water partition coefficient (Wildman–Crippen LogP) is 3.62. The van der Waals surface area contributed by atoms with Crippen molar-refractivity contribution in [3.8, 4) is 0 Å². The second-order valence-electron chi connectivity index (χ2n) is 5.47. The summed E-state index contributed by atoms with van der Waals surface area (Å²) in [7, 11) is 0. The second-order valence-corrected chi connectivity index (χ2v) is 5.47. The number of hydrogen-bond acceptors (Lipinski definition) is 3. The van der Waals surface area contributed by atoms with Gasteiger partial charge in [0.25, 0.3) is 5.91 Å². The van der Waals surface area contributed by atoms with Crippen molar-refractivity contribution in [2.24, 2.45) is 4.99 Å². The number of rotatable bonds is 4. The second kappa shape index (κ2) is 8.53. The summed E-state index contributed by atoms with van der Waals surface area (Å²) in [4.78, 5) is 20.8. The van der Waals surface area contributed by atoms with Crippen LogP contribution in [0.25, 0.3) is 0 Å². The summed E-state index contributed by atoms with van der Waals surface area (Å²) < 4.78 is 13.1. The zero-order chi connectivity index (χ0) is 18.2. The molecule has 0 aliphatic carbocycles. The van der Waals surface area contributed by atoms with Crippen LogP contribution in [-0.2, 0) is 6.54 Å². The highest BCUT2D eigenvalue weighted by Crippen LogP contribution is 2.09. The van der Waals surface area contributed by atoms with E-state index in [0.29, 0.717) is 17.8 Å². The smallest absolute Gasteiger partial charge is 0.257 e. The Morgan fingerprint density at radius 3 is 2.35 bits per heavy atom. The van der Waals surface area contributed by atoms with Crippen LogP contribution in [0.4, 0.5) is 10.1 Å². The molecule has 26 heavy (non-hydrogen) atoms. The third kappa shape index (κ3) is 4.98. The Morgan fingerprint density at radius 2 is 1.65 bits per heavy atom. The number of aromatic nitrogens is 1. The van der Waals surface area contributed by atoms with Gasteiger partial charge in [-0.25, -0.2) is 9.38 Å². The minimum atomic E-state index is -0.334. The summed E-state index contributed by atoms with van der Waals surface area (Å²) in [5.41, 5.74) is 2.09. The molecule has 0 fully saturated rings. The number of nitrogens with one attached hydrogen (secondary N) is 2. The van der Waals surface area contributed by atoms with Crippen LogP contribution in [0.15, 0.2) is 84.1 Å². The van der Waals surface area contributed by atoms with Crippen LogP contribution in [-0.4, -0.2) is 16.9 Å². The van der Waals surface area contributed by atoms with Gasteiger partial charge in [-0.05, 0) is 54.1 Å². The number of anilines is 1. The Hall–Kier alpha value is -3.54. The van der Waals surface area contributed by atoms with E-state index in [1.165, 1.54) is 12.1 Å². The van der Waals surface area contributed by atoms with Gasteiger partial charge in [0.1, 0.15) is 5.82 Å². The molecule has 2 aromatic carbocycles. The van der Waals surface area contributed by atoms with Gasteiger partial charge < -0.3 is 5.32 Å². The minimum Gasteiger partial charge on any atom is -0.326 e. The molecule has 0 saturated heterocycles. The Labute approximate surface area is 150 Å². The summed E-state index contributed by atoms with van der Waals surface area (Å²) >= 11 is 0. The summed E-state index contributed by atoms with van der Waals surface area (Å²) in [6.45, 7) is 0.362. The number of aliphatic imine (C=N–C) groups is 1. The van der Waals surface area contributed by atoms with Crippen LogP contribution < -0.4 is 10.6 Å². The molecule has 0 atom stereocenters. The van der Waals surface area contributed by atoms with E-state index in [1.54, 1.807) is 48.8 Å². The number of hydrogen-bond donors (Lipinski definition) is 2. The zero-order valence-electron chi connectivity index (χ0n) is 13.9. The quantitative estimate of drug-likeness (QED) is 0.559. The summed E-state index contributed by atoms with van der Waals surface area (Å²) in [6, 6.07) is 18.4. The molecular formula is C20H17FN4O. The van der Waals surface area contributed by atoms with Crippen molar-refractivity contribution in [2.45, 2.75) is 6.54 Å². The van der Waals surface area contributed by atoms with E-state index < -0.39 is 0 Å². The lowest BCUT2D eigenvalue weighted by Gasteiger charge is -2.12. The Kier molecular flexibility index (Phi) is 5.67. The largest absolute Gasteiger partial charge is 0.326 e. The first kappa shape index (κ1) is 17.3. The molecule has 0 bridgehead atoms. The maximum absolute atomic E-state index is 13.1. The van der Waals surface area contributed by atoms with Crippen LogP contribution in [0.2, 0.25) is 0 Å². The maximum atomic E-state index is 13.1. The highest BCUT2D eigenvalue weighted by atomic mass is 19.1. The van der Waals surface area contributed by atoms with Gasteiger partial charge in [0.15, 0.2) is 0 Å². The Morgan fingerprint density at radius 1 is 0.962 bits per heavy atom. The first-order valence-electron chi connectivity index (χ1n) is 8.03. The van der Waals surface area contributed by atoms with Crippen molar-refractivity contribution in [2.75, 3.05) is 5.32 Å². The van der Waals surface area contributed by atoms with Crippen molar-refractivity contribution >= 4 is 17.6 Å². The first-order valence-corrected chi connectivity index (χ1v) is 8.03. The SMILES string of the molecule is O=C(NC(=NCc1ccncc1)Nc1ccc(F)cc1)c1ccccc1. The number of nitrogens with zero attached hydrogens (tertiary/aromatic N) is 2. The van der Waals surface area contributed by atoms with Gasteiger partial charge in [-0.2, -0.15) is 0 Å². The van der Waals surface area contributed by atoms with Crippen molar-refractivity contribution in [1.82, 2.24) is 10.3 Å². The van der Waals surface area contributed by atoms with Gasteiger partial charge in [0.05, 0.1) is 6.54 Å². The number of guanidine groups is 1. The van der Waals surface area contributed by atoms with Crippen molar-refractivity contribution in [3.63, 3.8) is 0 Å². The molecule has 130 valence electrons. The third-order valence-electron chi connectivity index (χ3n) is 3.54. The number of benzene rings is 2. The topological polar surface area (TPSA) is 66.4 Å². The van der Waals surface area contributed by atoms with Crippen LogP contribution in [0.3, 0.4) is 0 Å². The molecule has 0 saturated carbocycles. The third-order valence-corrected chi connectivity index (χ3v) is 3.54. The van der Waals surface area contributed by atoms with Gasteiger partial charge in [-0.3, -0.25) is 15.1 Å². The molecule has 2 N–H and O–H groups in total. The first-order chi connectivity index (χ1) is 12.7. The highest BCUT2D eigenvalue weighted by Gasteiger charge is 2.09. The molecule has 0 radical (unpaired) electrons. The molecule has 0 unspecified atom stereocenters. The van der Waals surface area contributed by atoms with Crippen LogP contribution in [0, 0.1) is 5.82 Å². The summed E-state index contributed by atoms with van der Waals surface area (Å²) in [5.74, 6) is -0.338. The average molecular weight is 348 g/mol. The highest BCUT2D eigenvalue weighted by molar-refractivity contribution is 6.09. The maximum Gasteiger partial charge on any atom is 0.257 e. The summed E-state index contributed by atoms with van der Waals surface area (Å²) in [5, 5.41) is 5.77.